The molecule has 8 heteroatoms. The number of halogens is 3. The number of hydrogen-bond acceptors (Lipinski definition) is 4. The van der Waals surface area contributed by atoms with Crippen LogP contribution in [0.1, 0.15) is 0 Å². The fourth-order valence-electron chi connectivity index (χ4n) is 0.672. The zero-order valence-corrected chi connectivity index (χ0v) is 7.58. The Morgan fingerprint density at radius 2 is 2.21 bits per heavy atom. The van der Waals surface area contributed by atoms with Crippen LogP contribution < -0.4 is 11.3 Å². The fraction of sp³-hybridized carbons (Fsp3) is 0.333. The first-order valence-electron chi connectivity index (χ1n) is 3.43. The number of rotatable bonds is 2. The van der Waals surface area contributed by atoms with Crippen LogP contribution in [0, 0.1) is 0 Å². The third kappa shape index (κ3) is 3.69. The molecule has 1 heterocycles. The van der Waals surface area contributed by atoms with Gasteiger partial charge in [0.05, 0.1) is 5.75 Å². The van der Waals surface area contributed by atoms with E-state index < -0.39 is 17.5 Å². The summed E-state index contributed by atoms with van der Waals surface area (Å²) in [5.74, 6) is -1.21. The van der Waals surface area contributed by atoms with Gasteiger partial charge in [0, 0.05) is 6.07 Å². The second-order valence-electron chi connectivity index (χ2n) is 2.38. The Labute approximate surface area is 80.7 Å². The molecule has 1 aromatic heterocycles. The molecule has 0 saturated carbocycles. The van der Waals surface area contributed by atoms with Crippen LogP contribution in [-0.4, -0.2) is 21.9 Å². The molecule has 0 aliphatic carbocycles. The first-order chi connectivity index (χ1) is 6.37. The van der Waals surface area contributed by atoms with Crippen molar-refractivity contribution in [3.8, 4) is 0 Å². The van der Waals surface area contributed by atoms with Crippen LogP contribution in [0.4, 0.5) is 19.0 Å². The van der Waals surface area contributed by atoms with Crippen molar-refractivity contribution in [3.63, 3.8) is 0 Å². The lowest BCUT2D eigenvalue weighted by atomic mass is 10.6. The third-order valence-corrected chi connectivity index (χ3v) is 2.05. The number of anilines is 1. The normalized spacial score (nSPS) is 11.6. The van der Waals surface area contributed by atoms with Gasteiger partial charge in [-0.1, -0.05) is 11.8 Å². The van der Waals surface area contributed by atoms with Crippen molar-refractivity contribution in [2.45, 2.75) is 11.3 Å². The summed E-state index contributed by atoms with van der Waals surface area (Å²) in [6.45, 7) is 0. The van der Waals surface area contributed by atoms with Crippen molar-refractivity contribution in [3.05, 3.63) is 16.4 Å². The van der Waals surface area contributed by atoms with E-state index in [0.717, 1.165) is 6.07 Å². The smallest absolute Gasteiger partial charge is 0.383 e. The van der Waals surface area contributed by atoms with Gasteiger partial charge in [0.1, 0.15) is 5.82 Å². The molecule has 0 unspecified atom stereocenters. The quantitative estimate of drug-likeness (QED) is 0.582. The number of nitrogens with two attached hydrogens (primary N) is 1. The molecule has 0 aliphatic heterocycles. The molecule has 0 amide bonds. The van der Waals surface area contributed by atoms with Crippen LogP contribution in [0.25, 0.3) is 0 Å². The van der Waals surface area contributed by atoms with E-state index in [9.17, 15) is 18.0 Å². The number of hydrogen-bond donors (Lipinski definition) is 2. The molecule has 0 spiro atoms. The molecule has 0 atom stereocenters. The molecule has 0 aromatic carbocycles. The molecule has 4 nitrogen and oxygen atoms in total. The summed E-state index contributed by atoms with van der Waals surface area (Å²) in [7, 11) is 0. The average molecular weight is 225 g/mol. The van der Waals surface area contributed by atoms with Crippen LogP contribution in [0.3, 0.4) is 0 Å². The summed E-state index contributed by atoms with van der Waals surface area (Å²) in [5.41, 5.74) is 4.61. The SMILES string of the molecule is Nc1cc(=O)[nH]c(SCC(F)(F)F)n1. The van der Waals surface area contributed by atoms with Crippen molar-refractivity contribution in [1.29, 1.82) is 0 Å². The van der Waals surface area contributed by atoms with Crippen molar-refractivity contribution in [2.24, 2.45) is 0 Å². The molecule has 1 rings (SSSR count). The number of aromatic amines is 1. The van der Waals surface area contributed by atoms with Crippen molar-refractivity contribution in [2.75, 3.05) is 11.5 Å². The van der Waals surface area contributed by atoms with Gasteiger partial charge in [-0.05, 0) is 0 Å². The van der Waals surface area contributed by atoms with E-state index in [2.05, 4.69) is 9.97 Å². The first kappa shape index (κ1) is 10.9. The zero-order chi connectivity index (χ0) is 10.8. The number of nitrogens with one attached hydrogen (secondary N) is 1. The van der Waals surface area contributed by atoms with Gasteiger partial charge in [-0.2, -0.15) is 13.2 Å². The highest BCUT2D eigenvalue weighted by Gasteiger charge is 2.27. The fourth-order valence-corrected chi connectivity index (χ4v) is 1.31. The highest BCUT2D eigenvalue weighted by atomic mass is 32.2. The molecule has 0 aliphatic rings. The van der Waals surface area contributed by atoms with Gasteiger partial charge in [0.15, 0.2) is 5.16 Å². The van der Waals surface area contributed by atoms with Crippen LogP contribution in [0.5, 0.6) is 0 Å². The summed E-state index contributed by atoms with van der Waals surface area (Å²) in [6.07, 6.45) is -4.30. The van der Waals surface area contributed by atoms with E-state index in [1.807, 2.05) is 0 Å². The molecular weight excluding hydrogens is 219 g/mol. The molecule has 78 valence electrons. The number of alkyl halides is 3. The predicted molar refractivity (Wildman–Crippen MR) is 46.0 cm³/mol. The molecule has 0 bridgehead atoms. The van der Waals surface area contributed by atoms with Crippen molar-refractivity contribution >= 4 is 17.6 Å². The van der Waals surface area contributed by atoms with Gasteiger partial charge < -0.3 is 10.7 Å². The largest absolute Gasteiger partial charge is 0.398 e. The zero-order valence-electron chi connectivity index (χ0n) is 6.76. The molecule has 0 radical (unpaired) electrons. The molecule has 1 aromatic rings. The van der Waals surface area contributed by atoms with Gasteiger partial charge in [-0.25, -0.2) is 4.98 Å². The Hall–Kier alpha value is -1.18. The van der Waals surface area contributed by atoms with Crippen molar-refractivity contribution < 1.29 is 13.2 Å². The Morgan fingerprint density at radius 3 is 2.71 bits per heavy atom. The highest BCUT2D eigenvalue weighted by Crippen LogP contribution is 2.24. The molecule has 14 heavy (non-hydrogen) atoms. The summed E-state index contributed by atoms with van der Waals surface area (Å²) < 4.78 is 35.3. The highest BCUT2D eigenvalue weighted by molar-refractivity contribution is 7.99. The minimum absolute atomic E-state index is 0.0987. The lowest BCUT2D eigenvalue weighted by Gasteiger charge is -2.04. The monoisotopic (exact) mass is 225 g/mol. The van der Waals surface area contributed by atoms with Crippen LogP contribution >= 0.6 is 11.8 Å². The summed E-state index contributed by atoms with van der Waals surface area (Å²) in [4.78, 5) is 16.4. The molecule has 0 fully saturated rings. The van der Waals surface area contributed by atoms with E-state index in [4.69, 9.17) is 5.73 Å². The van der Waals surface area contributed by atoms with Gasteiger partial charge in [0.25, 0.3) is 5.56 Å². The first-order valence-corrected chi connectivity index (χ1v) is 4.42. The summed E-state index contributed by atoms with van der Waals surface area (Å²) >= 11 is 0.384. The lowest BCUT2D eigenvalue weighted by molar-refractivity contribution is -0.105. The molecule has 3 N–H and O–H groups in total. The number of H-pyrrole nitrogens is 1. The van der Waals surface area contributed by atoms with E-state index in [-0.39, 0.29) is 11.0 Å². The number of thioether (sulfide) groups is 1. The van der Waals surface area contributed by atoms with Gasteiger partial charge in [-0.3, -0.25) is 4.79 Å². The topological polar surface area (TPSA) is 71.8 Å². The van der Waals surface area contributed by atoms with Crippen molar-refractivity contribution in [1.82, 2.24) is 9.97 Å². The Bertz CT molecular complexity index is 375. The molecular formula is C6H6F3N3OS. The Kier molecular flexibility index (Phi) is 3.04. The van der Waals surface area contributed by atoms with Gasteiger partial charge in [-0.15, -0.1) is 0 Å². The second kappa shape index (κ2) is 3.91. The third-order valence-electron chi connectivity index (χ3n) is 1.11. The number of nitrogens with zero attached hydrogens (tertiary/aromatic N) is 1. The Balaban J connectivity index is 2.73. The number of nitrogen functional groups attached to an aromatic ring is 1. The van der Waals surface area contributed by atoms with E-state index >= 15 is 0 Å². The predicted octanol–water partition coefficient (Wildman–Crippen LogP) is 1.01. The van der Waals surface area contributed by atoms with Crippen LogP contribution in [0.15, 0.2) is 16.0 Å². The maximum absolute atomic E-state index is 11.8. The average Bonchev–Trinajstić information content (AvgIpc) is 1.97. The molecule has 0 saturated heterocycles. The lowest BCUT2D eigenvalue weighted by Crippen LogP contribution is -2.14. The Morgan fingerprint density at radius 1 is 1.57 bits per heavy atom. The van der Waals surface area contributed by atoms with Gasteiger partial charge >= 0.3 is 6.18 Å². The summed E-state index contributed by atoms with van der Waals surface area (Å²) in [5, 5.41) is -0.132. The number of aromatic nitrogens is 2. The minimum Gasteiger partial charge on any atom is -0.383 e. The summed E-state index contributed by atoms with van der Waals surface area (Å²) in [6, 6.07) is 0.998. The maximum atomic E-state index is 11.8. The van der Waals surface area contributed by atoms with E-state index in [1.54, 1.807) is 0 Å². The van der Waals surface area contributed by atoms with E-state index in [0.29, 0.717) is 11.8 Å². The van der Waals surface area contributed by atoms with Crippen LogP contribution in [0.2, 0.25) is 0 Å². The standard InChI is InChI=1S/C6H6F3N3OS/c7-6(8,9)2-14-5-11-3(10)1-4(13)12-5/h1H,2H2,(H3,10,11,12,13). The second-order valence-corrected chi connectivity index (χ2v) is 3.34. The van der Waals surface area contributed by atoms with Crippen LogP contribution in [-0.2, 0) is 0 Å². The van der Waals surface area contributed by atoms with Gasteiger partial charge in [0.2, 0.25) is 0 Å². The minimum atomic E-state index is -4.30. The maximum Gasteiger partial charge on any atom is 0.398 e. The van der Waals surface area contributed by atoms with E-state index in [1.165, 1.54) is 0 Å².